The van der Waals surface area contributed by atoms with E-state index < -0.39 is 17.3 Å². The van der Waals surface area contributed by atoms with Crippen LogP contribution in [0.3, 0.4) is 0 Å². The molecule has 0 saturated heterocycles. The first kappa shape index (κ1) is 19.4. The van der Waals surface area contributed by atoms with Crippen molar-refractivity contribution in [3.05, 3.63) is 81.8 Å². The Balaban J connectivity index is 1.60. The Morgan fingerprint density at radius 2 is 1.57 bits per heavy atom. The highest BCUT2D eigenvalue weighted by Gasteiger charge is 2.21. The molecule has 8 heteroatoms. The number of carbonyl (C=O) groups is 1. The standard InChI is InChI=1S/C22H21N5O3/c1-14(27-13-23-18-20(27)25(2)22(30)26(3)21(18)29)19(28)24-17-11-9-16(10-12-17)15-7-5-4-6-8-15/h4-14H,1-3H3,(H,24,28). The third kappa shape index (κ3) is 3.22. The lowest BCUT2D eigenvalue weighted by atomic mass is 10.1. The van der Waals surface area contributed by atoms with Crippen LogP contribution in [0, 0.1) is 0 Å². The van der Waals surface area contributed by atoms with Crippen molar-refractivity contribution in [2.75, 3.05) is 5.32 Å². The molecule has 1 N–H and O–H groups in total. The largest absolute Gasteiger partial charge is 0.332 e. The average molecular weight is 403 g/mol. The summed E-state index contributed by atoms with van der Waals surface area (Å²) in [5.41, 5.74) is 2.29. The first-order valence-electron chi connectivity index (χ1n) is 9.47. The van der Waals surface area contributed by atoms with Gasteiger partial charge in [-0.25, -0.2) is 9.78 Å². The van der Waals surface area contributed by atoms with E-state index in [1.807, 2.05) is 54.6 Å². The second-order valence-electron chi connectivity index (χ2n) is 7.14. The van der Waals surface area contributed by atoms with Crippen LogP contribution in [-0.2, 0) is 18.9 Å². The van der Waals surface area contributed by atoms with Crippen LogP contribution in [0.4, 0.5) is 5.69 Å². The molecule has 8 nitrogen and oxygen atoms in total. The number of benzene rings is 2. The van der Waals surface area contributed by atoms with Crippen LogP contribution in [-0.4, -0.2) is 24.6 Å². The van der Waals surface area contributed by atoms with Gasteiger partial charge in [-0.2, -0.15) is 0 Å². The third-order valence-corrected chi connectivity index (χ3v) is 5.22. The van der Waals surface area contributed by atoms with Crippen LogP contribution in [0.25, 0.3) is 22.3 Å². The molecular weight excluding hydrogens is 382 g/mol. The summed E-state index contributed by atoms with van der Waals surface area (Å²) in [6.07, 6.45) is 1.41. The molecule has 0 saturated carbocycles. The van der Waals surface area contributed by atoms with Crippen LogP contribution < -0.4 is 16.6 Å². The summed E-state index contributed by atoms with van der Waals surface area (Å²) < 4.78 is 3.85. The summed E-state index contributed by atoms with van der Waals surface area (Å²) in [6, 6.07) is 16.8. The predicted octanol–water partition coefficient (Wildman–Crippen LogP) is 2.30. The Morgan fingerprint density at radius 1 is 0.933 bits per heavy atom. The van der Waals surface area contributed by atoms with E-state index in [4.69, 9.17) is 0 Å². The molecule has 0 aliphatic heterocycles. The highest BCUT2D eigenvalue weighted by molar-refractivity contribution is 5.94. The molecule has 1 unspecified atom stereocenters. The molecule has 0 spiro atoms. The van der Waals surface area contributed by atoms with E-state index >= 15 is 0 Å². The van der Waals surface area contributed by atoms with E-state index in [1.54, 1.807) is 14.0 Å². The number of nitrogens with one attached hydrogen (secondary N) is 1. The number of carbonyl (C=O) groups excluding carboxylic acids is 1. The van der Waals surface area contributed by atoms with Crippen LogP contribution >= 0.6 is 0 Å². The zero-order chi connectivity index (χ0) is 21.4. The summed E-state index contributed by atoms with van der Waals surface area (Å²) in [5.74, 6) is -0.283. The van der Waals surface area contributed by atoms with E-state index in [2.05, 4.69) is 10.3 Å². The van der Waals surface area contributed by atoms with Gasteiger partial charge in [-0.05, 0) is 30.2 Å². The number of nitrogens with zero attached hydrogens (tertiary/aromatic N) is 4. The summed E-state index contributed by atoms with van der Waals surface area (Å²) in [4.78, 5) is 41.5. The van der Waals surface area contributed by atoms with Gasteiger partial charge in [-0.1, -0.05) is 42.5 Å². The van der Waals surface area contributed by atoms with Crippen molar-refractivity contribution in [1.29, 1.82) is 0 Å². The van der Waals surface area contributed by atoms with Crippen molar-refractivity contribution in [2.24, 2.45) is 14.1 Å². The first-order valence-corrected chi connectivity index (χ1v) is 9.47. The average Bonchev–Trinajstić information content (AvgIpc) is 3.22. The van der Waals surface area contributed by atoms with Gasteiger partial charge in [-0.15, -0.1) is 0 Å². The molecule has 1 atom stereocenters. The van der Waals surface area contributed by atoms with Gasteiger partial charge < -0.3 is 9.88 Å². The Kier molecular flexibility index (Phi) is 4.83. The Labute approximate surface area is 172 Å². The van der Waals surface area contributed by atoms with E-state index in [9.17, 15) is 14.4 Å². The van der Waals surface area contributed by atoms with Crippen molar-refractivity contribution in [2.45, 2.75) is 13.0 Å². The summed E-state index contributed by atoms with van der Waals surface area (Å²) in [6.45, 7) is 1.69. The summed E-state index contributed by atoms with van der Waals surface area (Å²) in [7, 11) is 2.95. The van der Waals surface area contributed by atoms with E-state index in [-0.39, 0.29) is 11.4 Å². The van der Waals surface area contributed by atoms with Crippen molar-refractivity contribution in [3.8, 4) is 11.1 Å². The Morgan fingerprint density at radius 3 is 2.23 bits per heavy atom. The topological polar surface area (TPSA) is 90.9 Å². The highest BCUT2D eigenvalue weighted by Crippen LogP contribution is 2.22. The Hall–Kier alpha value is -3.94. The molecule has 1 amide bonds. The molecule has 152 valence electrons. The number of fused-ring (bicyclic) bond motifs is 1. The maximum atomic E-state index is 12.8. The minimum Gasteiger partial charge on any atom is -0.324 e. The molecular formula is C22H21N5O3. The smallest absolute Gasteiger partial charge is 0.324 e. The summed E-state index contributed by atoms with van der Waals surface area (Å²) >= 11 is 0. The maximum Gasteiger partial charge on any atom is 0.332 e. The van der Waals surface area contributed by atoms with Crippen molar-refractivity contribution in [1.82, 2.24) is 18.7 Å². The van der Waals surface area contributed by atoms with Crippen LogP contribution in [0.15, 0.2) is 70.5 Å². The molecule has 0 aliphatic rings. The number of hydrogen-bond acceptors (Lipinski definition) is 4. The fourth-order valence-corrected chi connectivity index (χ4v) is 3.43. The van der Waals surface area contributed by atoms with Gasteiger partial charge in [0.1, 0.15) is 6.04 Å². The predicted molar refractivity (Wildman–Crippen MR) is 115 cm³/mol. The Bertz CT molecular complexity index is 1350. The molecule has 30 heavy (non-hydrogen) atoms. The number of imidazole rings is 1. The molecule has 0 aliphatic carbocycles. The third-order valence-electron chi connectivity index (χ3n) is 5.22. The number of hydrogen-bond donors (Lipinski definition) is 1. The number of amides is 1. The van der Waals surface area contributed by atoms with Crippen molar-refractivity contribution >= 4 is 22.8 Å². The van der Waals surface area contributed by atoms with E-state index in [0.717, 1.165) is 15.7 Å². The van der Waals surface area contributed by atoms with Crippen molar-refractivity contribution < 1.29 is 4.79 Å². The van der Waals surface area contributed by atoms with Gasteiger partial charge in [0.15, 0.2) is 11.2 Å². The van der Waals surface area contributed by atoms with Gasteiger partial charge in [-0.3, -0.25) is 18.7 Å². The molecule has 4 aromatic rings. The molecule has 2 aromatic carbocycles. The molecule has 0 radical (unpaired) electrons. The van der Waals surface area contributed by atoms with Gasteiger partial charge in [0, 0.05) is 19.8 Å². The molecule has 0 fully saturated rings. The fourth-order valence-electron chi connectivity index (χ4n) is 3.43. The van der Waals surface area contributed by atoms with E-state index in [1.165, 1.54) is 22.5 Å². The number of aromatic nitrogens is 4. The normalized spacial score (nSPS) is 12.1. The minimum absolute atomic E-state index is 0.145. The quantitative estimate of drug-likeness (QED) is 0.566. The van der Waals surface area contributed by atoms with E-state index in [0.29, 0.717) is 11.3 Å². The second kappa shape index (κ2) is 7.47. The fraction of sp³-hybridized carbons (Fsp3) is 0.182. The molecule has 0 bridgehead atoms. The second-order valence-corrected chi connectivity index (χ2v) is 7.14. The number of anilines is 1. The lowest BCUT2D eigenvalue weighted by Gasteiger charge is -2.16. The molecule has 4 rings (SSSR count). The molecule has 2 aromatic heterocycles. The highest BCUT2D eigenvalue weighted by atomic mass is 16.2. The zero-order valence-electron chi connectivity index (χ0n) is 16.9. The lowest BCUT2D eigenvalue weighted by molar-refractivity contribution is -0.118. The summed E-state index contributed by atoms with van der Waals surface area (Å²) in [5, 5.41) is 2.88. The van der Waals surface area contributed by atoms with Crippen LogP contribution in [0.5, 0.6) is 0 Å². The number of aryl methyl sites for hydroxylation is 1. The van der Waals surface area contributed by atoms with Gasteiger partial charge >= 0.3 is 5.69 Å². The first-order chi connectivity index (χ1) is 14.4. The zero-order valence-corrected chi connectivity index (χ0v) is 16.9. The van der Waals surface area contributed by atoms with Crippen LogP contribution in [0.2, 0.25) is 0 Å². The minimum atomic E-state index is -0.679. The lowest BCUT2D eigenvalue weighted by Crippen LogP contribution is -2.38. The van der Waals surface area contributed by atoms with Crippen molar-refractivity contribution in [3.63, 3.8) is 0 Å². The van der Waals surface area contributed by atoms with Gasteiger partial charge in [0.05, 0.1) is 6.33 Å². The SMILES string of the molecule is CC(C(=O)Nc1ccc(-c2ccccc2)cc1)n1cnc2c(=O)n(C)c(=O)n(C)c21. The van der Waals surface area contributed by atoms with Crippen LogP contribution in [0.1, 0.15) is 13.0 Å². The van der Waals surface area contributed by atoms with Gasteiger partial charge in [0.25, 0.3) is 5.56 Å². The molecule has 2 heterocycles. The maximum absolute atomic E-state index is 12.8. The number of rotatable bonds is 4. The van der Waals surface area contributed by atoms with Gasteiger partial charge in [0.2, 0.25) is 5.91 Å². The monoisotopic (exact) mass is 403 g/mol.